The highest BCUT2D eigenvalue weighted by Gasteiger charge is 2.41. The fourth-order valence-corrected chi connectivity index (χ4v) is 4.73. The van der Waals surface area contributed by atoms with E-state index in [0.29, 0.717) is 11.3 Å². The molecule has 2 heterocycles. The molecule has 0 bridgehead atoms. The molecule has 0 unspecified atom stereocenters. The Balaban J connectivity index is 1.55. The predicted octanol–water partition coefficient (Wildman–Crippen LogP) is 6.37. The molecule has 1 aliphatic rings. The first-order valence-corrected chi connectivity index (χ1v) is 12.0. The van der Waals surface area contributed by atoms with E-state index in [0.717, 1.165) is 46.9 Å². The lowest BCUT2D eigenvalue weighted by Gasteiger charge is -2.43. The molecule has 0 spiro atoms. The molecule has 5 rings (SSSR count). The van der Waals surface area contributed by atoms with Gasteiger partial charge in [0.05, 0.1) is 5.54 Å². The lowest BCUT2D eigenvalue weighted by atomic mass is 9.71. The van der Waals surface area contributed by atoms with Crippen molar-refractivity contribution in [1.29, 1.82) is 0 Å². The summed E-state index contributed by atoms with van der Waals surface area (Å²) in [5.74, 6) is 0.656. The Morgan fingerprint density at radius 3 is 2.29 bits per heavy atom. The first kappa shape index (κ1) is 23.0. The van der Waals surface area contributed by atoms with E-state index in [1.54, 1.807) is 13.2 Å². The van der Waals surface area contributed by atoms with E-state index in [-0.39, 0.29) is 5.56 Å². The average molecular weight is 471 g/mol. The Labute approximate surface area is 204 Å². The monoisotopic (exact) mass is 470 g/mol. The van der Waals surface area contributed by atoms with E-state index in [1.165, 1.54) is 4.57 Å². The molecule has 1 amide bonds. The van der Waals surface area contributed by atoms with Crippen LogP contribution in [-0.2, 0) is 17.3 Å². The van der Waals surface area contributed by atoms with Crippen molar-refractivity contribution in [3.05, 3.63) is 82.8 Å². The summed E-state index contributed by atoms with van der Waals surface area (Å²) in [7, 11) is 1.72. The van der Waals surface area contributed by atoms with Crippen molar-refractivity contribution in [3.8, 4) is 22.5 Å². The second kappa shape index (κ2) is 8.45. The van der Waals surface area contributed by atoms with Crippen LogP contribution in [0.3, 0.4) is 0 Å². The zero-order valence-electron chi connectivity index (χ0n) is 20.6. The number of ether oxygens (including phenoxy) is 1. The molecule has 180 valence electrons. The van der Waals surface area contributed by atoms with Gasteiger partial charge in [0.25, 0.3) is 5.56 Å². The van der Waals surface area contributed by atoms with Crippen LogP contribution < -0.4 is 10.9 Å². The molecule has 0 atom stereocenters. The number of furan rings is 1. The fraction of sp³-hybridized carbons (Fsp3) is 0.310. The SMILES string of the molecule is Cn1ccc2c(-c3ccccc3)c(-c3ccc(C4(NC(=O)OC(C)(C)C)CCC4)cc3)oc2c1=O. The summed E-state index contributed by atoms with van der Waals surface area (Å²) < 4.78 is 13.2. The van der Waals surface area contributed by atoms with Crippen LogP contribution in [0.15, 0.2) is 76.1 Å². The lowest BCUT2D eigenvalue weighted by molar-refractivity contribution is 0.0377. The van der Waals surface area contributed by atoms with Gasteiger partial charge >= 0.3 is 6.09 Å². The summed E-state index contributed by atoms with van der Waals surface area (Å²) in [6, 6.07) is 20.0. The van der Waals surface area contributed by atoms with Crippen LogP contribution in [0.5, 0.6) is 0 Å². The number of carbonyl (C=O) groups excluding carboxylic acids is 1. The van der Waals surface area contributed by atoms with Crippen LogP contribution in [0.25, 0.3) is 33.4 Å². The minimum atomic E-state index is -0.551. The standard InChI is InChI=1S/C29H30N2O4/c1-28(2,3)35-27(33)30-29(16-8-17-29)21-13-11-20(12-14-21)24-23(19-9-6-5-7-10-19)22-15-18-31(4)26(32)25(22)34-24/h5-7,9-15,18H,8,16-17H2,1-4H3,(H,30,33). The molecule has 2 aromatic carbocycles. The molecule has 1 aliphatic carbocycles. The normalized spacial score (nSPS) is 15.0. The van der Waals surface area contributed by atoms with Crippen LogP contribution in [0.4, 0.5) is 4.79 Å². The number of pyridine rings is 1. The van der Waals surface area contributed by atoms with Crippen LogP contribution >= 0.6 is 0 Å². The second-order valence-corrected chi connectivity index (χ2v) is 10.3. The van der Waals surface area contributed by atoms with Crippen molar-refractivity contribution in [3.63, 3.8) is 0 Å². The molecular weight excluding hydrogens is 440 g/mol. The van der Waals surface area contributed by atoms with Crippen molar-refractivity contribution >= 4 is 17.1 Å². The predicted molar refractivity (Wildman–Crippen MR) is 137 cm³/mol. The molecule has 0 saturated heterocycles. The highest BCUT2D eigenvalue weighted by atomic mass is 16.6. The summed E-state index contributed by atoms with van der Waals surface area (Å²) >= 11 is 0. The van der Waals surface area contributed by atoms with E-state index in [2.05, 4.69) is 5.32 Å². The van der Waals surface area contributed by atoms with Gasteiger partial charge in [-0.2, -0.15) is 0 Å². The molecule has 0 aliphatic heterocycles. The van der Waals surface area contributed by atoms with E-state index in [9.17, 15) is 9.59 Å². The van der Waals surface area contributed by atoms with Gasteiger partial charge in [0, 0.05) is 29.8 Å². The Kier molecular flexibility index (Phi) is 5.55. The molecule has 1 saturated carbocycles. The molecule has 35 heavy (non-hydrogen) atoms. The quantitative estimate of drug-likeness (QED) is 0.376. The van der Waals surface area contributed by atoms with Gasteiger partial charge in [0.15, 0.2) is 0 Å². The van der Waals surface area contributed by atoms with Gasteiger partial charge in [-0.25, -0.2) is 4.79 Å². The first-order chi connectivity index (χ1) is 16.7. The second-order valence-electron chi connectivity index (χ2n) is 10.3. The maximum Gasteiger partial charge on any atom is 0.408 e. The highest BCUT2D eigenvalue weighted by molar-refractivity contribution is 6.01. The smallest absolute Gasteiger partial charge is 0.408 e. The third-order valence-electron chi connectivity index (χ3n) is 6.63. The van der Waals surface area contributed by atoms with Gasteiger partial charge in [-0.1, -0.05) is 54.6 Å². The number of benzene rings is 2. The van der Waals surface area contributed by atoms with Gasteiger partial charge < -0.3 is 19.0 Å². The fourth-order valence-electron chi connectivity index (χ4n) is 4.73. The number of carbonyl (C=O) groups is 1. The number of aromatic nitrogens is 1. The summed E-state index contributed by atoms with van der Waals surface area (Å²) in [4.78, 5) is 25.3. The molecule has 1 fully saturated rings. The zero-order valence-corrected chi connectivity index (χ0v) is 20.6. The highest BCUT2D eigenvalue weighted by Crippen LogP contribution is 2.44. The van der Waals surface area contributed by atoms with Crippen LogP contribution in [0, 0.1) is 0 Å². The van der Waals surface area contributed by atoms with Gasteiger partial charge in [-0.15, -0.1) is 0 Å². The van der Waals surface area contributed by atoms with Crippen LogP contribution in [0.1, 0.15) is 45.6 Å². The Hall–Kier alpha value is -3.80. The molecule has 0 radical (unpaired) electrons. The van der Waals surface area contributed by atoms with Gasteiger partial charge in [0.1, 0.15) is 11.4 Å². The van der Waals surface area contributed by atoms with E-state index in [1.807, 2.05) is 81.4 Å². The number of hydrogen-bond donors (Lipinski definition) is 1. The number of aryl methyl sites for hydroxylation is 1. The number of nitrogens with one attached hydrogen (secondary N) is 1. The number of alkyl carbamates (subject to hydrolysis) is 1. The summed E-state index contributed by atoms with van der Waals surface area (Å²) in [5.41, 5.74) is 2.99. The van der Waals surface area contributed by atoms with Gasteiger partial charge in [0.2, 0.25) is 5.58 Å². The van der Waals surface area contributed by atoms with Crippen LogP contribution in [0.2, 0.25) is 0 Å². The van der Waals surface area contributed by atoms with E-state index >= 15 is 0 Å². The summed E-state index contributed by atoms with van der Waals surface area (Å²) in [6.07, 6.45) is 4.13. The molecule has 4 aromatic rings. The third kappa shape index (κ3) is 4.25. The van der Waals surface area contributed by atoms with E-state index < -0.39 is 17.2 Å². The van der Waals surface area contributed by atoms with Gasteiger partial charge in [-0.05, 0) is 57.2 Å². The minimum absolute atomic E-state index is 0.169. The van der Waals surface area contributed by atoms with Crippen molar-refractivity contribution in [2.45, 2.75) is 51.2 Å². The van der Waals surface area contributed by atoms with Gasteiger partial charge in [-0.3, -0.25) is 4.79 Å². The molecule has 6 nitrogen and oxygen atoms in total. The van der Waals surface area contributed by atoms with E-state index in [4.69, 9.17) is 9.15 Å². The van der Waals surface area contributed by atoms with Crippen molar-refractivity contribution < 1.29 is 13.9 Å². The number of rotatable bonds is 4. The Morgan fingerprint density at radius 2 is 1.69 bits per heavy atom. The number of amides is 1. The van der Waals surface area contributed by atoms with Crippen molar-refractivity contribution in [2.24, 2.45) is 7.05 Å². The van der Waals surface area contributed by atoms with Crippen molar-refractivity contribution in [2.75, 3.05) is 0 Å². The van der Waals surface area contributed by atoms with Crippen LogP contribution in [-0.4, -0.2) is 16.3 Å². The summed E-state index contributed by atoms with van der Waals surface area (Å²) in [5, 5.41) is 3.90. The Bertz CT molecular complexity index is 1440. The number of nitrogens with zero attached hydrogens (tertiary/aromatic N) is 1. The Morgan fingerprint density at radius 1 is 1.00 bits per heavy atom. The average Bonchev–Trinajstić information content (AvgIpc) is 3.19. The molecule has 2 aromatic heterocycles. The zero-order chi connectivity index (χ0) is 24.8. The maximum atomic E-state index is 12.8. The third-order valence-corrected chi connectivity index (χ3v) is 6.63. The molecule has 6 heteroatoms. The van der Waals surface area contributed by atoms with Crippen molar-refractivity contribution in [1.82, 2.24) is 9.88 Å². The lowest BCUT2D eigenvalue weighted by Crippen LogP contribution is -2.52. The first-order valence-electron chi connectivity index (χ1n) is 12.0. The molecule has 1 N–H and O–H groups in total. The summed E-state index contributed by atoms with van der Waals surface area (Å²) in [6.45, 7) is 5.58. The largest absolute Gasteiger partial charge is 0.450 e. The number of hydrogen-bond acceptors (Lipinski definition) is 4. The number of fused-ring (bicyclic) bond motifs is 1. The molecular formula is C29H30N2O4. The minimum Gasteiger partial charge on any atom is -0.450 e. The topological polar surface area (TPSA) is 73.5 Å². The maximum absolute atomic E-state index is 12.8.